The Morgan fingerprint density at radius 2 is 1.97 bits per heavy atom. The first kappa shape index (κ1) is 18.4. The zero-order valence-corrected chi connectivity index (χ0v) is 16.9. The molecule has 6 nitrogen and oxygen atoms in total. The van der Waals surface area contributed by atoms with Gasteiger partial charge in [0.25, 0.3) is 0 Å². The van der Waals surface area contributed by atoms with E-state index in [9.17, 15) is 5.26 Å². The largest absolute Gasteiger partial charge is 0.381 e. The lowest BCUT2D eigenvalue weighted by molar-refractivity contribution is 0.0665. The monoisotopic (exact) mass is 389 g/mol. The minimum atomic E-state index is 0.600. The maximum absolute atomic E-state index is 10.0. The second-order valence-corrected chi connectivity index (χ2v) is 8.17. The molecule has 150 valence electrons. The van der Waals surface area contributed by atoms with Gasteiger partial charge in [0.15, 0.2) is 5.65 Å². The quantitative estimate of drug-likeness (QED) is 0.746. The van der Waals surface area contributed by atoms with E-state index < -0.39 is 0 Å². The summed E-state index contributed by atoms with van der Waals surface area (Å²) in [6.45, 7) is 7.68. The third kappa shape index (κ3) is 3.15. The van der Waals surface area contributed by atoms with Gasteiger partial charge in [0, 0.05) is 39.4 Å². The van der Waals surface area contributed by atoms with Crippen LogP contribution in [0.4, 0.5) is 5.82 Å². The number of anilines is 1. The third-order valence-corrected chi connectivity index (χ3v) is 6.46. The highest BCUT2D eigenvalue weighted by atomic mass is 16.5. The molecule has 3 aromatic rings. The first-order valence-corrected chi connectivity index (χ1v) is 10.6. The van der Waals surface area contributed by atoms with Gasteiger partial charge in [-0.05, 0) is 55.4 Å². The summed E-state index contributed by atoms with van der Waals surface area (Å²) >= 11 is 0. The van der Waals surface area contributed by atoms with Gasteiger partial charge < -0.3 is 15.0 Å². The van der Waals surface area contributed by atoms with Crippen molar-refractivity contribution in [1.29, 1.82) is 5.26 Å². The number of hydrogen-bond donors (Lipinski definition) is 1. The number of nitriles is 1. The summed E-state index contributed by atoms with van der Waals surface area (Å²) in [5.74, 6) is 1.83. The number of nitrogens with zero attached hydrogens (tertiary/aromatic N) is 4. The average molecular weight is 390 g/mol. The lowest BCUT2D eigenvalue weighted by Gasteiger charge is -2.34. The summed E-state index contributed by atoms with van der Waals surface area (Å²) in [7, 11) is 0. The first-order valence-electron chi connectivity index (χ1n) is 10.6. The van der Waals surface area contributed by atoms with E-state index in [-0.39, 0.29) is 0 Å². The standard InChI is InChI=1S/C23H27N5O/c1-16-18(14-17-6-12-29-13-7-17)23(27-10-8-25-9-11-27)28-21-5-3-2-4-20(21)26-22(28)19(16)15-24/h2-5,17,25H,6-14H2,1H3. The van der Waals surface area contributed by atoms with Crippen molar-refractivity contribution in [3.05, 3.63) is 41.0 Å². The molecule has 2 aromatic heterocycles. The van der Waals surface area contributed by atoms with Crippen LogP contribution in [0.1, 0.15) is 29.5 Å². The predicted octanol–water partition coefficient (Wildman–Crippen LogP) is 3.05. The number of fused-ring (bicyclic) bond motifs is 3. The average Bonchev–Trinajstić information content (AvgIpc) is 3.15. The molecule has 1 N–H and O–H groups in total. The minimum absolute atomic E-state index is 0.600. The number of nitrogens with one attached hydrogen (secondary N) is 1. The van der Waals surface area contributed by atoms with Crippen LogP contribution in [0.5, 0.6) is 0 Å². The molecular weight excluding hydrogens is 362 g/mol. The number of hydrogen-bond acceptors (Lipinski definition) is 5. The molecule has 0 unspecified atom stereocenters. The first-order chi connectivity index (χ1) is 14.3. The number of benzene rings is 1. The van der Waals surface area contributed by atoms with E-state index in [0.717, 1.165) is 80.9 Å². The summed E-state index contributed by atoms with van der Waals surface area (Å²) in [6.07, 6.45) is 3.17. The molecule has 2 aliphatic heterocycles. The summed E-state index contributed by atoms with van der Waals surface area (Å²) in [5.41, 5.74) is 5.93. The molecule has 0 amide bonds. The topological polar surface area (TPSA) is 65.6 Å². The van der Waals surface area contributed by atoms with Crippen molar-refractivity contribution < 1.29 is 4.74 Å². The molecule has 0 saturated carbocycles. The predicted molar refractivity (Wildman–Crippen MR) is 114 cm³/mol. The molecule has 2 fully saturated rings. The maximum Gasteiger partial charge on any atom is 0.157 e. The molecule has 2 aliphatic rings. The van der Waals surface area contributed by atoms with Gasteiger partial charge in [0.2, 0.25) is 0 Å². The van der Waals surface area contributed by atoms with Crippen molar-refractivity contribution in [2.24, 2.45) is 5.92 Å². The maximum atomic E-state index is 10.0. The van der Waals surface area contributed by atoms with E-state index in [4.69, 9.17) is 9.72 Å². The summed E-state index contributed by atoms with van der Waals surface area (Å²) in [5, 5.41) is 13.5. The van der Waals surface area contributed by atoms with E-state index >= 15 is 0 Å². The molecule has 0 aliphatic carbocycles. The highest BCUT2D eigenvalue weighted by Crippen LogP contribution is 2.36. The Morgan fingerprint density at radius 1 is 1.21 bits per heavy atom. The van der Waals surface area contributed by atoms with Gasteiger partial charge >= 0.3 is 0 Å². The molecule has 0 bridgehead atoms. The van der Waals surface area contributed by atoms with Crippen LogP contribution in [0.25, 0.3) is 16.7 Å². The van der Waals surface area contributed by atoms with Crippen LogP contribution < -0.4 is 10.2 Å². The highest BCUT2D eigenvalue weighted by Gasteiger charge is 2.27. The number of aromatic nitrogens is 2. The van der Waals surface area contributed by atoms with Crippen LogP contribution in [-0.4, -0.2) is 48.8 Å². The van der Waals surface area contributed by atoms with E-state index in [1.165, 1.54) is 11.4 Å². The Kier molecular flexibility index (Phi) is 4.86. The van der Waals surface area contributed by atoms with E-state index in [2.05, 4.69) is 39.7 Å². The molecule has 0 atom stereocenters. The highest BCUT2D eigenvalue weighted by molar-refractivity contribution is 5.86. The smallest absolute Gasteiger partial charge is 0.157 e. The van der Waals surface area contributed by atoms with Gasteiger partial charge in [-0.15, -0.1) is 0 Å². The Bertz CT molecular complexity index is 1080. The van der Waals surface area contributed by atoms with Crippen LogP contribution in [0, 0.1) is 24.2 Å². The molecule has 6 heteroatoms. The summed E-state index contributed by atoms with van der Waals surface area (Å²) in [4.78, 5) is 7.35. The number of ether oxygens (including phenoxy) is 1. The molecule has 0 spiro atoms. The van der Waals surface area contributed by atoms with E-state index in [0.29, 0.717) is 11.5 Å². The second-order valence-electron chi connectivity index (χ2n) is 8.17. The van der Waals surface area contributed by atoms with Crippen molar-refractivity contribution in [1.82, 2.24) is 14.7 Å². The zero-order valence-electron chi connectivity index (χ0n) is 16.9. The zero-order chi connectivity index (χ0) is 19.8. The molecule has 2 saturated heterocycles. The molecule has 4 heterocycles. The fourth-order valence-electron chi connectivity index (χ4n) is 4.86. The number of piperazine rings is 1. The van der Waals surface area contributed by atoms with Gasteiger partial charge in [0.1, 0.15) is 11.9 Å². The lowest BCUT2D eigenvalue weighted by Crippen LogP contribution is -2.45. The Labute approximate surface area is 171 Å². The lowest BCUT2D eigenvalue weighted by atomic mass is 9.89. The van der Waals surface area contributed by atoms with E-state index in [1.54, 1.807) is 0 Å². The Morgan fingerprint density at radius 3 is 2.72 bits per heavy atom. The minimum Gasteiger partial charge on any atom is -0.381 e. The van der Waals surface area contributed by atoms with Crippen LogP contribution >= 0.6 is 0 Å². The second kappa shape index (κ2) is 7.66. The van der Waals surface area contributed by atoms with Crippen molar-refractivity contribution in [2.75, 3.05) is 44.3 Å². The van der Waals surface area contributed by atoms with Crippen molar-refractivity contribution in [2.45, 2.75) is 26.2 Å². The van der Waals surface area contributed by atoms with Gasteiger partial charge in [-0.25, -0.2) is 4.98 Å². The number of para-hydroxylation sites is 2. The summed E-state index contributed by atoms with van der Waals surface area (Å²) in [6, 6.07) is 10.7. The van der Waals surface area contributed by atoms with Crippen molar-refractivity contribution in [3.8, 4) is 6.07 Å². The van der Waals surface area contributed by atoms with Crippen molar-refractivity contribution in [3.63, 3.8) is 0 Å². The SMILES string of the molecule is Cc1c(CC2CCOCC2)c(N2CCNCC2)n2c(nc3ccccc32)c1C#N. The molecule has 5 rings (SSSR count). The van der Waals surface area contributed by atoms with E-state index in [1.807, 2.05) is 12.1 Å². The Balaban J connectivity index is 1.79. The number of rotatable bonds is 3. The van der Waals surface area contributed by atoms with Crippen molar-refractivity contribution >= 4 is 22.5 Å². The summed E-state index contributed by atoms with van der Waals surface area (Å²) < 4.78 is 7.84. The molecule has 29 heavy (non-hydrogen) atoms. The fourth-order valence-corrected chi connectivity index (χ4v) is 4.86. The van der Waals surface area contributed by atoms with Gasteiger partial charge in [-0.2, -0.15) is 5.26 Å². The number of pyridine rings is 1. The van der Waals surface area contributed by atoms with Crippen LogP contribution in [0.15, 0.2) is 24.3 Å². The Hall–Kier alpha value is -2.62. The molecule has 1 aromatic carbocycles. The van der Waals surface area contributed by atoms with Crippen LogP contribution in [0.2, 0.25) is 0 Å². The molecular formula is C23H27N5O. The van der Waals surface area contributed by atoms with Gasteiger partial charge in [0.05, 0.1) is 16.6 Å². The molecule has 0 radical (unpaired) electrons. The van der Waals surface area contributed by atoms with Crippen LogP contribution in [0.3, 0.4) is 0 Å². The fraction of sp³-hybridized carbons (Fsp3) is 0.478. The third-order valence-electron chi connectivity index (χ3n) is 6.46. The normalized spacial score (nSPS) is 18.4. The number of imidazole rings is 1. The van der Waals surface area contributed by atoms with Crippen LogP contribution in [-0.2, 0) is 11.2 Å². The van der Waals surface area contributed by atoms with Gasteiger partial charge in [-0.1, -0.05) is 12.1 Å². The van der Waals surface area contributed by atoms with Gasteiger partial charge in [-0.3, -0.25) is 4.40 Å².